The number of aromatic amines is 1. The molecule has 0 radical (unpaired) electrons. The molecular formula is C13H17NO4. The molecule has 0 amide bonds. The molecule has 2 rings (SSSR count). The first kappa shape index (κ1) is 12.8. The van der Waals surface area contributed by atoms with Crippen LogP contribution >= 0.6 is 0 Å². The van der Waals surface area contributed by atoms with Crippen LogP contribution in [0, 0.1) is 5.92 Å². The Labute approximate surface area is 105 Å². The van der Waals surface area contributed by atoms with Crippen molar-refractivity contribution >= 4 is 11.8 Å². The Morgan fingerprint density at radius 2 is 2.22 bits per heavy atom. The van der Waals surface area contributed by atoms with E-state index in [0.717, 1.165) is 12.8 Å². The van der Waals surface area contributed by atoms with E-state index in [-0.39, 0.29) is 11.5 Å². The van der Waals surface area contributed by atoms with E-state index in [0.29, 0.717) is 30.6 Å². The van der Waals surface area contributed by atoms with Gasteiger partial charge in [-0.05, 0) is 31.7 Å². The third-order valence-electron chi connectivity index (χ3n) is 3.30. The first-order valence-corrected chi connectivity index (χ1v) is 6.16. The van der Waals surface area contributed by atoms with Gasteiger partial charge in [-0.1, -0.05) is 0 Å². The van der Waals surface area contributed by atoms with Crippen molar-refractivity contribution in [3.63, 3.8) is 0 Å². The quantitative estimate of drug-likeness (QED) is 0.759. The zero-order chi connectivity index (χ0) is 13.1. The summed E-state index contributed by atoms with van der Waals surface area (Å²) in [4.78, 5) is 25.2. The summed E-state index contributed by atoms with van der Waals surface area (Å²) in [5.41, 5.74) is 0.506. The standard InChI is InChI=1S/C13H17NO4/c1-2-18-10-3-8(4-10)5-12(15)9-6-11(13(16)17)14-7-9/h6-8,10,14H,2-5H2,1H3,(H,16,17). The van der Waals surface area contributed by atoms with E-state index in [4.69, 9.17) is 9.84 Å². The van der Waals surface area contributed by atoms with Crippen molar-refractivity contribution in [3.8, 4) is 0 Å². The van der Waals surface area contributed by atoms with Crippen molar-refractivity contribution in [2.45, 2.75) is 32.3 Å². The molecule has 0 spiro atoms. The zero-order valence-electron chi connectivity index (χ0n) is 10.3. The van der Waals surface area contributed by atoms with Gasteiger partial charge in [-0.25, -0.2) is 4.79 Å². The van der Waals surface area contributed by atoms with Crippen molar-refractivity contribution in [2.24, 2.45) is 5.92 Å². The second-order valence-electron chi connectivity index (χ2n) is 4.65. The maximum Gasteiger partial charge on any atom is 0.352 e. The average Bonchev–Trinajstić information content (AvgIpc) is 2.75. The number of Topliss-reactive ketones (excluding diaryl/α,β-unsaturated/α-hetero) is 1. The molecule has 5 heteroatoms. The van der Waals surface area contributed by atoms with Gasteiger partial charge in [0.25, 0.3) is 0 Å². The van der Waals surface area contributed by atoms with Gasteiger partial charge in [0.15, 0.2) is 5.78 Å². The Bertz CT molecular complexity index is 446. The maximum atomic E-state index is 11.9. The number of carboxylic acid groups (broad SMARTS) is 1. The van der Waals surface area contributed by atoms with E-state index in [1.165, 1.54) is 12.3 Å². The number of aromatic carboxylic acids is 1. The van der Waals surface area contributed by atoms with Crippen LogP contribution in [-0.2, 0) is 4.74 Å². The number of H-pyrrole nitrogens is 1. The fourth-order valence-corrected chi connectivity index (χ4v) is 2.27. The summed E-state index contributed by atoms with van der Waals surface area (Å²) in [6.45, 7) is 2.68. The summed E-state index contributed by atoms with van der Waals surface area (Å²) in [5.74, 6) is -0.676. The molecule has 1 aromatic heterocycles. The number of ketones is 1. The number of carboxylic acids is 1. The third kappa shape index (κ3) is 2.79. The molecule has 1 fully saturated rings. The minimum absolute atomic E-state index is 0.00121. The SMILES string of the molecule is CCOC1CC(CC(=O)c2c[nH]c(C(=O)O)c2)C1. The fraction of sp³-hybridized carbons (Fsp3) is 0.538. The van der Waals surface area contributed by atoms with E-state index >= 15 is 0 Å². The van der Waals surface area contributed by atoms with Crippen LogP contribution in [0.25, 0.3) is 0 Å². The second kappa shape index (κ2) is 5.35. The predicted octanol–water partition coefficient (Wildman–Crippen LogP) is 2.10. The van der Waals surface area contributed by atoms with Crippen molar-refractivity contribution in [3.05, 3.63) is 23.5 Å². The highest BCUT2D eigenvalue weighted by Gasteiger charge is 2.31. The number of carbonyl (C=O) groups excluding carboxylic acids is 1. The third-order valence-corrected chi connectivity index (χ3v) is 3.30. The van der Waals surface area contributed by atoms with Crippen LogP contribution < -0.4 is 0 Å². The van der Waals surface area contributed by atoms with Crippen LogP contribution in [0.5, 0.6) is 0 Å². The molecular weight excluding hydrogens is 234 g/mol. The molecule has 0 aliphatic heterocycles. The van der Waals surface area contributed by atoms with Gasteiger partial charge in [-0.15, -0.1) is 0 Å². The molecule has 0 bridgehead atoms. The Morgan fingerprint density at radius 1 is 1.50 bits per heavy atom. The lowest BCUT2D eigenvalue weighted by Crippen LogP contribution is -2.32. The number of nitrogens with one attached hydrogen (secondary N) is 1. The molecule has 0 atom stereocenters. The van der Waals surface area contributed by atoms with Crippen molar-refractivity contribution in [2.75, 3.05) is 6.61 Å². The average molecular weight is 251 g/mol. The summed E-state index contributed by atoms with van der Waals surface area (Å²) in [5, 5.41) is 8.75. The Balaban J connectivity index is 1.83. The Kier molecular flexibility index (Phi) is 3.81. The summed E-state index contributed by atoms with van der Waals surface area (Å²) in [7, 11) is 0. The highest BCUT2D eigenvalue weighted by molar-refractivity contribution is 5.98. The first-order chi connectivity index (χ1) is 8.60. The fourth-order valence-electron chi connectivity index (χ4n) is 2.27. The normalized spacial score (nSPS) is 22.5. The van der Waals surface area contributed by atoms with Crippen LogP contribution in [0.1, 0.15) is 47.0 Å². The highest BCUT2D eigenvalue weighted by Crippen LogP contribution is 2.33. The van der Waals surface area contributed by atoms with Gasteiger partial charge >= 0.3 is 5.97 Å². The molecule has 1 aromatic rings. The van der Waals surface area contributed by atoms with E-state index in [1.54, 1.807) is 0 Å². The Morgan fingerprint density at radius 3 is 2.78 bits per heavy atom. The summed E-state index contributed by atoms with van der Waals surface area (Å²) in [6.07, 6.45) is 4.09. The van der Waals surface area contributed by atoms with E-state index in [9.17, 15) is 9.59 Å². The predicted molar refractivity (Wildman–Crippen MR) is 64.8 cm³/mol. The molecule has 18 heavy (non-hydrogen) atoms. The van der Waals surface area contributed by atoms with Gasteiger partial charge in [0.05, 0.1) is 6.10 Å². The lowest BCUT2D eigenvalue weighted by molar-refractivity contribution is -0.0246. The molecule has 1 heterocycles. The molecule has 0 aromatic carbocycles. The smallest absolute Gasteiger partial charge is 0.352 e. The van der Waals surface area contributed by atoms with Crippen molar-refractivity contribution in [1.82, 2.24) is 4.98 Å². The summed E-state index contributed by atoms with van der Waals surface area (Å²) >= 11 is 0. The van der Waals surface area contributed by atoms with Crippen LogP contribution in [0.15, 0.2) is 12.3 Å². The van der Waals surface area contributed by atoms with Gasteiger partial charge in [-0.2, -0.15) is 0 Å². The molecule has 1 aliphatic rings. The number of rotatable bonds is 6. The van der Waals surface area contributed by atoms with E-state index in [1.807, 2.05) is 6.92 Å². The largest absolute Gasteiger partial charge is 0.477 e. The van der Waals surface area contributed by atoms with Gasteiger partial charge in [0.1, 0.15) is 5.69 Å². The molecule has 0 saturated heterocycles. The lowest BCUT2D eigenvalue weighted by Gasteiger charge is -2.34. The topological polar surface area (TPSA) is 79.4 Å². The van der Waals surface area contributed by atoms with E-state index < -0.39 is 5.97 Å². The highest BCUT2D eigenvalue weighted by atomic mass is 16.5. The molecule has 1 saturated carbocycles. The van der Waals surface area contributed by atoms with Crippen LogP contribution in [0.3, 0.4) is 0 Å². The molecule has 5 nitrogen and oxygen atoms in total. The number of carbonyl (C=O) groups is 2. The molecule has 0 unspecified atom stereocenters. The van der Waals surface area contributed by atoms with Crippen molar-refractivity contribution in [1.29, 1.82) is 0 Å². The lowest BCUT2D eigenvalue weighted by atomic mass is 9.78. The van der Waals surface area contributed by atoms with Gasteiger partial charge < -0.3 is 14.8 Å². The zero-order valence-corrected chi connectivity index (χ0v) is 10.3. The Hall–Kier alpha value is -1.62. The second-order valence-corrected chi connectivity index (χ2v) is 4.65. The van der Waals surface area contributed by atoms with Gasteiger partial charge in [0.2, 0.25) is 0 Å². The monoisotopic (exact) mass is 251 g/mol. The number of aromatic nitrogens is 1. The van der Waals surface area contributed by atoms with Crippen LogP contribution in [-0.4, -0.2) is 34.6 Å². The van der Waals surface area contributed by atoms with E-state index in [2.05, 4.69) is 4.98 Å². The summed E-state index contributed by atoms with van der Waals surface area (Å²) < 4.78 is 5.44. The minimum Gasteiger partial charge on any atom is -0.477 e. The van der Waals surface area contributed by atoms with Crippen LogP contribution in [0.4, 0.5) is 0 Å². The van der Waals surface area contributed by atoms with Gasteiger partial charge in [0, 0.05) is 24.8 Å². The number of ether oxygens (including phenoxy) is 1. The van der Waals surface area contributed by atoms with Crippen LogP contribution in [0.2, 0.25) is 0 Å². The number of hydrogen-bond donors (Lipinski definition) is 2. The minimum atomic E-state index is -1.05. The maximum absolute atomic E-state index is 11.9. The van der Waals surface area contributed by atoms with Crippen molar-refractivity contribution < 1.29 is 19.4 Å². The molecule has 2 N–H and O–H groups in total. The number of hydrogen-bond acceptors (Lipinski definition) is 3. The molecule has 98 valence electrons. The molecule has 1 aliphatic carbocycles. The first-order valence-electron chi connectivity index (χ1n) is 6.16. The summed E-state index contributed by atoms with van der Waals surface area (Å²) in [6, 6.07) is 1.39. The van der Waals surface area contributed by atoms with Gasteiger partial charge in [-0.3, -0.25) is 4.79 Å².